The van der Waals surface area contributed by atoms with Gasteiger partial charge in [0.25, 0.3) is 0 Å². The van der Waals surface area contributed by atoms with Crippen molar-refractivity contribution in [2.24, 2.45) is 0 Å². The zero-order valence-corrected chi connectivity index (χ0v) is 9.51. The number of aryl methyl sites for hydroxylation is 2. The van der Waals surface area contributed by atoms with Gasteiger partial charge in [-0.1, -0.05) is 0 Å². The van der Waals surface area contributed by atoms with Crippen LogP contribution < -0.4 is 5.73 Å². The Morgan fingerprint density at radius 3 is 2.76 bits per heavy atom. The summed E-state index contributed by atoms with van der Waals surface area (Å²) in [5, 5.41) is 5.20. The van der Waals surface area contributed by atoms with E-state index in [4.69, 9.17) is 10.2 Å². The predicted molar refractivity (Wildman–Crippen MR) is 62.8 cm³/mol. The maximum Gasteiger partial charge on any atom is 0.240 e. The van der Waals surface area contributed by atoms with E-state index in [2.05, 4.69) is 15.1 Å². The summed E-state index contributed by atoms with van der Waals surface area (Å²) in [5.74, 6) is 1.16. The molecule has 0 aliphatic carbocycles. The van der Waals surface area contributed by atoms with Gasteiger partial charge < -0.3 is 10.2 Å². The van der Waals surface area contributed by atoms with Crippen molar-refractivity contribution < 1.29 is 4.42 Å². The lowest BCUT2D eigenvalue weighted by atomic mass is 10.2. The second-order valence-electron chi connectivity index (χ2n) is 3.81. The number of fused-ring (bicyclic) bond motifs is 1. The van der Waals surface area contributed by atoms with Gasteiger partial charge in [0.05, 0.1) is 17.3 Å². The van der Waals surface area contributed by atoms with Crippen LogP contribution in [0.15, 0.2) is 22.9 Å². The number of hydrogen-bond donors (Lipinski definition) is 1. The Balaban J connectivity index is 2.32. The number of nitrogen functional groups attached to an aromatic ring is 1. The molecule has 0 radical (unpaired) electrons. The van der Waals surface area contributed by atoms with Crippen LogP contribution in [0.1, 0.15) is 11.6 Å². The Morgan fingerprint density at radius 2 is 2.12 bits per heavy atom. The van der Waals surface area contributed by atoms with Gasteiger partial charge in [0.1, 0.15) is 0 Å². The van der Waals surface area contributed by atoms with Gasteiger partial charge in [-0.2, -0.15) is 0 Å². The highest BCUT2D eigenvalue weighted by molar-refractivity contribution is 5.90. The zero-order chi connectivity index (χ0) is 12.0. The topological polar surface area (TPSA) is 82.8 Å². The minimum Gasteiger partial charge on any atom is -0.423 e. The largest absolute Gasteiger partial charge is 0.423 e. The third-order valence-corrected chi connectivity index (χ3v) is 2.66. The molecule has 0 unspecified atom stereocenters. The van der Waals surface area contributed by atoms with E-state index in [1.54, 1.807) is 30.1 Å². The first-order chi connectivity index (χ1) is 8.16. The highest BCUT2D eigenvalue weighted by Crippen LogP contribution is 2.24. The summed E-state index contributed by atoms with van der Waals surface area (Å²) >= 11 is 0. The zero-order valence-electron chi connectivity index (χ0n) is 9.51. The summed E-state index contributed by atoms with van der Waals surface area (Å²) in [6, 6.07) is 1.76. The fourth-order valence-electron chi connectivity index (χ4n) is 1.85. The maximum atomic E-state index is 5.91. The molecule has 6 nitrogen and oxygen atoms in total. The molecule has 3 aromatic heterocycles. The number of oxazole rings is 1. The van der Waals surface area contributed by atoms with Crippen LogP contribution in [-0.4, -0.2) is 19.7 Å². The molecule has 0 fully saturated rings. The highest BCUT2D eigenvalue weighted by Gasteiger charge is 2.14. The van der Waals surface area contributed by atoms with Gasteiger partial charge in [0.15, 0.2) is 11.5 Å². The van der Waals surface area contributed by atoms with E-state index < -0.39 is 0 Å². The molecule has 0 saturated heterocycles. The van der Waals surface area contributed by atoms with Gasteiger partial charge in [-0.05, 0) is 13.0 Å². The minimum absolute atomic E-state index is 0.567. The van der Waals surface area contributed by atoms with Crippen LogP contribution in [0.2, 0.25) is 0 Å². The normalized spacial score (nSPS) is 11.2. The van der Waals surface area contributed by atoms with Crippen LogP contribution in [0.3, 0.4) is 0 Å². The number of rotatable bonds is 1. The molecule has 3 heterocycles. The molecule has 0 atom stereocenters. The van der Waals surface area contributed by atoms with E-state index >= 15 is 0 Å². The van der Waals surface area contributed by atoms with Crippen molar-refractivity contribution in [3.63, 3.8) is 0 Å². The summed E-state index contributed by atoms with van der Waals surface area (Å²) in [7, 11) is 0. The third-order valence-electron chi connectivity index (χ3n) is 2.66. The molecule has 0 aliphatic rings. The van der Waals surface area contributed by atoms with Crippen molar-refractivity contribution in [1.82, 2.24) is 19.7 Å². The summed E-state index contributed by atoms with van der Waals surface area (Å²) < 4.78 is 7.10. The Morgan fingerprint density at radius 1 is 1.29 bits per heavy atom. The van der Waals surface area contributed by atoms with Gasteiger partial charge in [-0.3, -0.25) is 0 Å². The minimum atomic E-state index is 0.567. The monoisotopic (exact) mass is 229 g/mol. The standard InChI is InChI=1S/C11H11N5O/c1-6-10-8(12)3-4-13-11(10)15-16(6)9-5-14-7(2)17-9/h3-5H,12H2,1-2H3. The number of nitrogens with two attached hydrogens (primary N) is 1. The van der Waals surface area contributed by atoms with Crippen molar-refractivity contribution in [1.29, 1.82) is 0 Å². The van der Waals surface area contributed by atoms with Crippen molar-refractivity contribution in [3.05, 3.63) is 30.0 Å². The van der Waals surface area contributed by atoms with E-state index in [-0.39, 0.29) is 0 Å². The van der Waals surface area contributed by atoms with E-state index in [1.807, 2.05) is 6.92 Å². The Kier molecular flexibility index (Phi) is 1.91. The molecule has 3 aromatic rings. The van der Waals surface area contributed by atoms with Crippen LogP contribution in [0, 0.1) is 13.8 Å². The lowest BCUT2D eigenvalue weighted by molar-refractivity contribution is 0.486. The Hall–Kier alpha value is -2.37. The van der Waals surface area contributed by atoms with Gasteiger partial charge in [-0.25, -0.2) is 14.6 Å². The summed E-state index contributed by atoms with van der Waals surface area (Å²) in [6.07, 6.45) is 3.27. The van der Waals surface area contributed by atoms with E-state index in [0.29, 0.717) is 23.1 Å². The molecule has 0 bridgehead atoms. The smallest absolute Gasteiger partial charge is 0.240 e. The van der Waals surface area contributed by atoms with Gasteiger partial charge in [-0.15, -0.1) is 5.10 Å². The first kappa shape index (κ1) is 9.83. The first-order valence-electron chi connectivity index (χ1n) is 5.19. The highest BCUT2D eigenvalue weighted by atomic mass is 16.4. The molecule has 6 heteroatoms. The second kappa shape index (κ2) is 3.31. The quantitative estimate of drug-likeness (QED) is 0.685. The van der Waals surface area contributed by atoms with E-state index in [1.165, 1.54) is 0 Å². The Bertz CT molecular complexity index is 697. The number of anilines is 1. The molecule has 17 heavy (non-hydrogen) atoms. The molecule has 86 valence electrons. The lowest BCUT2D eigenvalue weighted by Crippen LogP contribution is -1.96. The number of hydrogen-bond acceptors (Lipinski definition) is 5. The number of pyridine rings is 1. The molecule has 0 saturated carbocycles. The van der Waals surface area contributed by atoms with Crippen molar-refractivity contribution in [2.75, 3.05) is 5.73 Å². The van der Waals surface area contributed by atoms with Gasteiger partial charge >= 0.3 is 0 Å². The lowest BCUT2D eigenvalue weighted by Gasteiger charge is -1.98. The maximum absolute atomic E-state index is 5.91. The van der Waals surface area contributed by atoms with Crippen LogP contribution in [0.4, 0.5) is 5.69 Å². The average molecular weight is 229 g/mol. The number of nitrogens with zero attached hydrogens (tertiary/aromatic N) is 4. The van der Waals surface area contributed by atoms with E-state index in [9.17, 15) is 0 Å². The summed E-state index contributed by atoms with van der Waals surface area (Å²) in [6.45, 7) is 3.71. The van der Waals surface area contributed by atoms with Crippen molar-refractivity contribution >= 4 is 16.7 Å². The molecular weight excluding hydrogens is 218 g/mol. The fraction of sp³-hybridized carbons (Fsp3) is 0.182. The van der Waals surface area contributed by atoms with Crippen LogP contribution in [-0.2, 0) is 0 Å². The predicted octanol–water partition coefficient (Wildman–Crippen LogP) is 1.61. The molecule has 3 rings (SSSR count). The summed E-state index contributed by atoms with van der Waals surface area (Å²) in [4.78, 5) is 8.23. The third kappa shape index (κ3) is 1.37. The van der Waals surface area contributed by atoms with Crippen LogP contribution in [0.5, 0.6) is 0 Å². The average Bonchev–Trinajstić information content (AvgIpc) is 2.84. The van der Waals surface area contributed by atoms with Crippen LogP contribution in [0.25, 0.3) is 16.9 Å². The van der Waals surface area contributed by atoms with Crippen molar-refractivity contribution in [3.8, 4) is 5.88 Å². The molecule has 0 aliphatic heterocycles. The van der Waals surface area contributed by atoms with Crippen LogP contribution >= 0.6 is 0 Å². The molecule has 0 amide bonds. The molecular formula is C11H11N5O. The molecule has 2 N–H and O–H groups in total. The molecule has 0 spiro atoms. The molecule has 0 aromatic carbocycles. The SMILES string of the molecule is Cc1ncc(-n2nc3nccc(N)c3c2C)o1. The fourth-order valence-corrected chi connectivity index (χ4v) is 1.85. The Labute approximate surface area is 97.1 Å². The van der Waals surface area contributed by atoms with Gasteiger partial charge in [0.2, 0.25) is 5.88 Å². The first-order valence-corrected chi connectivity index (χ1v) is 5.19. The summed E-state index contributed by atoms with van der Waals surface area (Å²) in [5.41, 5.74) is 8.07. The number of aromatic nitrogens is 4. The second-order valence-corrected chi connectivity index (χ2v) is 3.81. The van der Waals surface area contributed by atoms with Gasteiger partial charge in [0, 0.05) is 18.8 Å². The van der Waals surface area contributed by atoms with E-state index in [0.717, 1.165) is 11.1 Å². The van der Waals surface area contributed by atoms with Crippen molar-refractivity contribution in [2.45, 2.75) is 13.8 Å².